The van der Waals surface area contributed by atoms with E-state index in [9.17, 15) is 9.59 Å². The zero-order chi connectivity index (χ0) is 14.3. The van der Waals surface area contributed by atoms with E-state index in [4.69, 9.17) is 4.74 Å². The molecule has 0 atom stereocenters. The molecule has 0 heterocycles. The minimum absolute atomic E-state index is 0.142. The number of rotatable bonds is 4. The number of benzene rings is 1. The molecule has 2 N–H and O–H groups in total. The van der Waals surface area contributed by atoms with Crippen LogP contribution >= 0.6 is 0 Å². The normalized spacial score (nSPS) is 10.8. The molecule has 0 aliphatic carbocycles. The first-order valence-electron chi connectivity index (χ1n) is 5.88. The molecule has 1 aromatic carbocycles. The van der Waals surface area contributed by atoms with Gasteiger partial charge >= 0.3 is 6.09 Å². The molecule has 0 aromatic heterocycles. The molecule has 0 unspecified atom stereocenters. The molecule has 0 spiro atoms. The number of hydrogen-bond donors (Lipinski definition) is 2. The van der Waals surface area contributed by atoms with Crippen LogP contribution in [0.15, 0.2) is 29.4 Å². The Morgan fingerprint density at radius 2 is 2.05 bits per heavy atom. The molecule has 1 aromatic rings. The van der Waals surface area contributed by atoms with Gasteiger partial charge in [-0.3, -0.25) is 4.79 Å². The molecular formula is C13H17N3O3. The minimum Gasteiger partial charge on any atom is -0.449 e. The van der Waals surface area contributed by atoms with Gasteiger partial charge in [-0.2, -0.15) is 5.10 Å². The molecule has 0 radical (unpaired) electrons. The fourth-order valence-electron chi connectivity index (χ4n) is 1.38. The molecule has 0 fully saturated rings. The standard InChI is InChI=1S/C13H17N3O3/c1-4-19-13(18)16-15-9(2)11-6-5-7-12(8-11)14-10(3)17/h5-8H,4H2,1-3H3,(H,14,17)(H,16,18). The Kier molecular flexibility index (Phi) is 5.53. The van der Waals surface area contributed by atoms with Crippen molar-refractivity contribution in [2.75, 3.05) is 11.9 Å². The van der Waals surface area contributed by atoms with Crippen molar-refractivity contribution in [2.24, 2.45) is 5.10 Å². The van der Waals surface area contributed by atoms with E-state index < -0.39 is 6.09 Å². The summed E-state index contributed by atoms with van der Waals surface area (Å²) in [5.41, 5.74) is 4.36. The molecule has 0 saturated carbocycles. The van der Waals surface area contributed by atoms with Gasteiger partial charge in [0, 0.05) is 12.6 Å². The topological polar surface area (TPSA) is 79.8 Å². The number of amides is 2. The molecule has 19 heavy (non-hydrogen) atoms. The fourth-order valence-corrected chi connectivity index (χ4v) is 1.38. The van der Waals surface area contributed by atoms with Gasteiger partial charge in [-0.15, -0.1) is 0 Å². The number of carbonyl (C=O) groups is 2. The van der Waals surface area contributed by atoms with E-state index in [1.165, 1.54) is 6.92 Å². The summed E-state index contributed by atoms with van der Waals surface area (Å²) in [7, 11) is 0. The molecule has 0 bridgehead atoms. The number of carbonyl (C=O) groups excluding carboxylic acids is 2. The fraction of sp³-hybridized carbons (Fsp3) is 0.308. The summed E-state index contributed by atoms with van der Waals surface area (Å²) in [6, 6.07) is 7.17. The summed E-state index contributed by atoms with van der Waals surface area (Å²) < 4.78 is 4.69. The maximum Gasteiger partial charge on any atom is 0.427 e. The van der Waals surface area contributed by atoms with Crippen molar-refractivity contribution in [3.05, 3.63) is 29.8 Å². The van der Waals surface area contributed by atoms with Crippen LogP contribution in [0, 0.1) is 0 Å². The molecule has 1 rings (SSSR count). The molecule has 6 nitrogen and oxygen atoms in total. The van der Waals surface area contributed by atoms with E-state index in [-0.39, 0.29) is 5.91 Å². The predicted molar refractivity (Wildman–Crippen MR) is 73.1 cm³/mol. The molecule has 102 valence electrons. The van der Waals surface area contributed by atoms with Crippen molar-refractivity contribution >= 4 is 23.4 Å². The highest BCUT2D eigenvalue weighted by Crippen LogP contribution is 2.11. The second-order valence-corrected chi connectivity index (χ2v) is 3.79. The van der Waals surface area contributed by atoms with E-state index >= 15 is 0 Å². The summed E-state index contributed by atoms with van der Waals surface area (Å²) in [5, 5.41) is 6.59. The summed E-state index contributed by atoms with van der Waals surface area (Å²) in [6.07, 6.45) is -0.597. The smallest absolute Gasteiger partial charge is 0.427 e. The van der Waals surface area contributed by atoms with Crippen molar-refractivity contribution in [3.63, 3.8) is 0 Å². The average Bonchev–Trinajstić information content (AvgIpc) is 2.36. The summed E-state index contributed by atoms with van der Waals surface area (Å²) in [4.78, 5) is 22.1. The van der Waals surface area contributed by atoms with Gasteiger partial charge in [0.25, 0.3) is 0 Å². The highest BCUT2D eigenvalue weighted by molar-refractivity contribution is 6.00. The lowest BCUT2D eigenvalue weighted by Gasteiger charge is -2.06. The van der Waals surface area contributed by atoms with Crippen LogP contribution in [0.25, 0.3) is 0 Å². The van der Waals surface area contributed by atoms with Crippen LogP contribution < -0.4 is 10.7 Å². The van der Waals surface area contributed by atoms with Crippen LogP contribution in [0.3, 0.4) is 0 Å². The number of anilines is 1. The quantitative estimate of drug-likeness (QED) is 0.645. The highest BCUT2D eigenvalue weighted by atomic mass is 16.5. The van der Waals surface area contributed by atoms with Crippen molar-refractivity contribution in [3.8, 4) is 0 Å². The van der Waals surface area contributed by atoms with Gasteiger partial charge in [-0.05, 0) is 31.5 Å². The molecule has 0 aliphatic rings. The maximum atomic E-state index is 11.1. The monoisotopic (exact) mass is 263 g/mol. The van der Waals surface area contributed by atoms with Crippen LogP contribution in [0.2, 0.25) is 0 Å². The summed E-state index contributed by atoms with van der Waals surface area (Å²) in [6.45, 7) is 5.19. The number of hydrazone groups is 1. The maximum absolute atomic E-state index is 11.1. The van der Waals surface area contributed by atoms with Crippen LogP contribution in [0.1, 0.15) is 26.3 Å². The Morgan fingerprint density at radius 3 is 2.68 bits per heavy atom. The van der Waals surface area contributed by atoms with E-state index in [0.29, 0.717) is 18.0 Å². The molecule has 2 amide bonds. The predicted octanol–water partition coefficient (Wildman–Crippen LogP) is 2.12. The SMILES string of the molecule is CCOC(=O)NN=C(C)c1cccc(NC(C)=O)c1. The van der Waals surface area contributed by atoms with E-state index in [2.05, 4.69) is 15.8 Å². The van der Waals surface area contributed by atoms with Crippen molar-refractivity contribution in [1.29, 1.82) is 0 Å². The third-order valence-electron chi connectivity index (χ3n) is 2.19. The number of nitrogens with zero attached hydrogens (tertiary/aromatic N) is 1. The Labute approximate surface area is 111 Å². The van der Waals surface area contributed by atoms with Gasteiger partial charge in [0.1, 0.15) is 0 Å². The van der Waals surface area contributed by atoms with E-state index in [1.54, 1.807) is 32.0 Å². The third-order valence-corrected chi connectivity index (χ3v) is 2.19. The first-order chi connectivity index (χ1) is 9.02. The van der Waals surface area contributed by atoms with Gasteiger partial charge in [-0.1, -0.05) is 12.1 Å². The van der Waals surface area contributed by atoms with Gasteiger partial charge in [-0.25, -0.2) is 10.2 Å². The minimum atomic E-state index is -0.597. The van der Waals surface area contributed by atoms with Crippen LogP contribution in [-0.2, 0) is 9.53 Å². The first-order valence-corrected chi connectivity index (χ1v) is 5.88. The number of nitrogens with one attached hydrogen (secondary N) is 2. The second-order valence-electron chi connectivity index (χ2n) is 3.79. The lowest BCUT2D eigenvalue weighted by molar-refractivity contribution is -0.114. The van der Waals surface area contributed by atoms with Crippen molar-refractivity contribution in [2.45, 2.75) is 20.8 Å². The largest absolute Gasteiger partial charge is 0.449 e. The molecular weight excluding hydrogens is 246 g/mol. The Morgan fingerprint density at radius 1 is 1.32 bits per heavy atom. The average molecular weight is 263 g/mol. The molecule has 0 saturated heterocycles. The van der Waals surface area contributed by atoms with Gasteiger partial charge < -0.3 is 10.1 Å². The highest BCUT2D eigenvalue weighted by Gasteiger charge is 2.02. The van der Waals surface area contributed by atoms with Gasteiger partial charge in [0.2, 0.25) is 5.91 Å². The van der Waals surface area contributed by atoms with Crippen LogP contribution in [0.4, 0.5) is 10.5 Å². The Hall–Kier alpha value is -2.37. The van der Waals surface area contributed by atoms with Crippen LogP contribution in [0.5, 0.6) is 0 Å². The first kappa shape index (κ1) is 14.7. The molecule has 0 aliphatic heterocycles. The second kappa shape index (κ2) is 7.15. The Balaban J connectivity index is 2.75. The zero-order valence-electron chi connectivity index (χ0n) is 11.2. The number of hydrogen-bond acceptors (Lipinski definition) is 4. The lowest BCUT2D eigenvalue weighted by atomic mass is 10.1. The zero-order valence-corrected chi connectivity index (χ0v) is 11.2. The van der Waals surface area contributed by atoms with E-state index in [0.717, 1.165) is 5.56 Å². The van der Waals surface area contributed by atoms with Gasteiger partial charge in [0.05, 0.1) is 12.3 Å². The summed E-state index contributed by atoms with van der Waals surface area (Å²) in [5.74, 6) is -0.142. The summed E-state index contributed by atoms with van der Waals surface area (Å²) >= 11 is 0. The lowest BCUT2D eigenvalue weighted by Crippen LogP contribution is -2.20. The van der Waals surface area contributed by atoms with E-state index in [1.807, 2.05) is 6.07 Å². The van der Waals surface area contributed by atoms with Gasteiger partial charge in [0.15, 0.2) is 0 Å². The van der Waals surface area contributed by atoms with Crippen molar-refractivity contribution < 1.29 is 14.3 Å². The number of ether oxygens (including phenoxy) is 1. The van der Waals surface area contributed by atoms with Crippen molar-refractivity contribution in [1.82, 2.24) is 5.43 Å². The Bertz CT molecular complexity index is 498. The molecule has 6 heteroatoms. The third kappa shape index (κ3) is 5.20. The van der Waals surface area contributed by atoms with Crippen LogP contribution in [-0.4, -0.2) is 24.3 Å².